The van der Waals surface area contributed by atoms with Crippen LogP contribution in [-0.2, 0) is 54.6 Å². The molecular formula is C54H63N5O12S2. The molecule has 4 heterocycles. The topological polar surface area (TPSA) is 176 Å². The van der Waals surface area contributed by atoms with E-state index < -0.39 is 26.3 Å². The van der Waals surface area contributed by atoms with E-state index in [1.807, 2.05) is 79.4 Å². The first-order valence-corrected chi connectivity index (χ1v) is 26.2. The Kier molecular flexibility index (Phi) is 15.6. The van der Waals surface area contributed by atoms with Crippen molar-refractivity contribution < 1.29 is 55.3 Å². The number of hydrogen-bond acceptors (Lipinski definition) is 16. The van der Waals surface area contributed by atoms with Gasteiger partial charge in [0.2, 0.25) is 0 Å². The number of carbonyl (C=O) groups is 2. The summed E-state index contributed by atoms with van der Waals surface area (Å²) in [7, 11) is 1.58. The molecule has 0 spiro atoms. The quantitative estimate of drug-likeness (QED) is 0.0356. The van der Waals surface area contributed by atoms with E-state index in [9.17, 15) is 18.0 Å². The maximum absolute atomic E-state index is 14.5. The molecule has 5 aromatic carbocycles. The van der Waals surface area contributed by atoms with Gasteiger partial charge in [0.05, 0.1) is 88.9 Å². The summed E-state index contributed by atoms with van der Waals surface area (Å²) in [4.78, 5) is 34.3. The standard InChI is InChI=1S/C54H63N5O12S2/c1-54(2,72)33-57(15-16-68-19-20-69-18-17-64-3)38-22-34(31-70-49-28-42-40(26-47(49)65-4)52(60)58-39(30-55-42)24-36-11-7-9-13-44(36)58)21-35(23-38)32-71-50-29-43-41(27-48(50)66-5)53(61)59-45-14-10-8-12-37(45)25-46(59)51(56-43)73(62,63)67-6/h7-14,21-23,26-29,39,46,51,55-56,72H,15-20,24-25,30-33H2,1-6H3/t39-,46-,51?/m0/s1. The van der Waals surface area contributed by atoms with E-state index in [1.165, 1.54) is 12.0 Å². The van der Waals surface area contributed by atoms with Gasteiger partial charge in [0.1, 0.15) is 13.2 Å². The fourth-order valence-electron chi connectivity index (χ4n) is 10.0. The predicted molar refractivity (Wildman–Crippen MR) is 283 cm³/mol. The zero-order valence-electron chi connectivity index (χ0n) is 42.0. The first-order valence-electron chi connectivity index (χ1n) is 24.3. The molecule has 2 N–H and O–H groups in total. The lowest BCUT2D eigenvalue weighted by Gasteiger charge is -2.32. The van der Waals surface area contributed by atoms with Gasteiger partial charge in [0, 0.05) is 60.7 Å². The number of nitrogens with zero attached hydrogens (tertiary/aromatic N) is 3. The molecule has 0 aliphatic carbocycles. The molecular weight excluding hydrogens is 975 g/mol. The number of para-hydroxylation sites is 2. The van der Waals surface area contributed by atoms with Crippen molar-refractivity contribution >= 4 is 63.0 Å². The highest BCUT2D eigenvalue weighted by molar-refractivity contribution is 7.87. The summed E-state index contributed by atoms with van der Waals surface area (Å²) >= 11 is 4.93. The first kappa shape index (κ1) is 51.7. The maximum Gasteiger partial charge on any atom is 0.290 e. The summed E-state index contributed by atoms with van der Waals surface area (Å²) in [5.74, 6) is 0.926. The van der Waals surface area contributed by atoms with E-state index in [0.717, 1.165) is 47.2 Å². The van der Waals surface area contributed by atoms with Gasteiger partial charge < -0.3 is 58.5 Å². The van der Waals surface area contributed by atoms with E-state index in [4.69, 9.17) is 50.0 Å². The van der Waals surface area contributed by atoms with Gasteiger partial charge in [-0.1, -0.05) is 36.4 Å². The molecule has 5 aromatic rings. The van der Waals surface area contributed by atoms with Crippen LogP contribution in [0, 0.1) is 0 Å². The Labute approximate surface area is 432 Å². The van der Waals surface area contributed by atoms with Gasteiger partial charge in [-0.25, -0.2) is 0 Å². The molecule has 0 aromatic heterocycles. The SMILES string of the molecule is COCCOCCOCCN(CC(C)(C)S)c1cc(COc2cc3c(cc2OC)C(=O)N2c4ccccc4C[C@H]2CN3)cc(COc2cc3c(cc2OC)C(=O)N2c4ccccc4C[C@H]2C(S(=O)(=O)OC)N3)c1. The van der Waals surface area contributed by atoms with E-state index in [1.54, 1.807) is 32.4 Å². The zero-order chi connectivity index (χ0) is 51.4. The molecule has 4 aliphatic heterocycles. The minimum atomic E-state index is -4.21. The Morgan fingerprint density at radius 3 is 1.86 bits per heavy atom. The third-order valence-corrected chi connectivity index (χ3v) is 15.0. The molecule has 3 atom stereocenters. The van der Waals surface area contributed by atoms with Gasteiger partial charge in [0.25, 0.3) is 21.9 Å². The molecule has 9 rings (SSSR count). The van der Waals surface area contributed by atoms with Crippen molar-refractivity contribution in [1.82, 2.24) is 0 Å². The number of carbonyl (C=O) groups excluding carboxylic acids is 2. The van der Waals surface area contributed by atoms with Gasteiger partial charge in [-0.3, -0.25) is 13.8 Å². The van der Waals surface area contributed by atoms with Crippen LogP contribution in [0.15, 0.2) is 91.0 Å². The minimum Gasteiger partial charge on any atom is -0.493 e. The van der Waals surface area contributed by atoms with Gasteiger partial charge >= 0.3 is 0 Å². The number of thiol groups is 1. The normalized spacial score (nSPS) is 17.7. The number of benzene rings is 5. The summed E-state index contributed by atoms with van der Waals surface area (Å²) in [5.41, 5.74) is 7.60. The number of anilines is 5. The summed E-state index contributed by atoms with van der Waals surface area (Å²) in [6.07, 6.45) is 1.06. The van der Waals surface area contributed by atoms with Crippen molar-refractivity contribution in [3.63, 3.8) is 0 Å². The predicted octanol–water partition coefficient (Wildman–Crippen LogP) is 7.35. The second-order valence-corrected chi connectivity index (χ2v) is 22.0. The minimum absolute atomic E-state index is 0.0360. The molecule has 0 saturated carbocycles. The van der Waals surface area contributed by atoms with Crippen LogP contribution in [0.5, 0.6) is 23.0 Å². The van der Waals surface area contributed by atoms with Crippen LogP contribution in [0.25, 0.3) is 0 Å². The van der Waals surface area contributed by atoms with Crippen molar-refractivity contribution in [3.05, 3.63) is 124 Å². The summed E-state index contributed by atoms with van der Waals surface area (Å²) in [6, 6.07) is 27.4. The lowest BCUT2D eigenvalue weighted by molar-refractivity contribution is 0.0264. The van der Waals surface area contributed by atoms with Gasteiger partial charge in [-0.05, 0) is 91.4 Å². The van der Waals surface area contributed by atoms with Crippen molar-refractivity contribution in [1.29, 1.82) is 0 Å². The van der Waals surface area contributed by atoms with E-state index in [0.29, 0.717) is 87.5 Å². The molecule has 0 saturated heterocycles. The van der Waals surface area contributed by atoms with Crippen LogP contribution >= 0.6 is 12.6 Å². The van der Waals surface area contributed by atoms with Crippen LogP contribution in [0.1, 0.15) is 56.8 Å². The highest BCUT2D eigenvalue weighted by Crippen LogP contribution is 2.44. The van der Waals surface area contributed by atoms with Crippen LogP contribution in [0.4, 0.5) is 28.4 Å². The van der Waals surface area contributed by atoms with Crippen LogP contribution < -0.4 is 44.3 Å². The molecule has 1 unspecified atom stereocenters. The van der Waals surface area contributed by atoms with Gasteiger partial charge in [-0.2, -0.15) is 21.0 Å². The molecule has 2 amide bonds. The van der Waals surface area contributed by atoms with Crippen molar-refractivity contribution in [2.45, 2.75) is 62.1 Å². The van der Waals surface area contributed by atoms with Crippen LogP contribution in [0.3, 0.4) is 0 Å². The molecule has 0 fully saturated rings. The fourth-order valence-corrected chi connectivity index (χ4v) is 11.3. The summed E-state index contributed by atoms with van der Waals surface area (Å²) < 4.78 is 73.4. The Hall–Kier alpha value is -6.22. The highest BCUT2D eigenvalue weighted by Gasteiger charge is 2.48. The smallest absolute Gasteiger partial charge is 0.290 e. The number of hydrogen-bond donors (Lipinski definition) is 3. The lowest BCUT2D eigenvalue weighted by atomic mass is 10.1. The van der Waals surface area contributed by atoms with E-state index in [-0.39, 0.29) is 53.8 Å². The molecule has 19 heteroatoms. The average Bonchev–Trinajstić information content (AvgIpc) is 3.89. The number of fused-ring (bicyclic) bond motifs is 8. The fraction of sp³-hybridized carbons (Fsp3) is 0.407. The van der Waals surface area contributed by atoms with Crippen LogP contribution in [-0.4, -0.2) is 124 Å². The average molecular weight is 1040 g/mol. The van der Waals surface area contributed by atoms with Gasteiger partial charge in [-0.15, -0.1) is 0 Å². The van der Waals surface area contributed by atoms with E-state index >= 15 is 0 Å². The Bertz CT molecular complexity index is 2950. The molecule has 73 heavy (non-hydrogen) atoms. The second kappa shape index (κ2) is 22.1. The van der Waals surface area contributed by atoms with Crippen molar-refractivity contribution in [2.24, 2.45) is 0 Å². The van der Waals surface area contributed by atoms with Crippen molar-refractivity contribution in [2.75, 3.05) is 106 Å². The number of nitrogens with one attached hydrogen (secondary N) is 2. The van der Waals surface area contributed by atoms with Crippen molar-refractivity contribution in [3.8, 4) is 23.0 Å². The Balaban J connectivity index is 1.02. The Morgan fingerprint density at radius 2 is 1.25 bits per heavy atom. The van der Waals surface area contributed by atoms with Gasteiger partial charge in [0.15, 0.2) is 28.4 Å². The molecule has 17 nitrogen and oxygen atoms in total. The highest BCUT2D eigenvalue weighted by atomic mass is 32.2. The number of methoxy groups -OCH3 is 3. The molecule has 4 aliphatic rings. The molecule has 0 bridgehead atoms. The third-order valence-electron chi connectivity index (χ3n) is 13.4. The summed E-state index contributed by atoms with van der Waals surface area (Å²) in [6.45, 7) is 8.14. The van der Waals surface area contributed by atoms with E-state index in [2.05, 4.69) is 27.7 Å². The maximum atomic E-state index is 14.5. The Morgan fingerprint density at radius 1 is 0.685 bits per heavy atom. The second-order valence-electron chi connectivity index (χ2n) is 19.0. The number of amides is 2. The number of rotatable bonds is 22. The zero-order valence-corrected chi connectivity index (χ0v) is 43.7. The summed E-state index contributed by atoms with van der Waals surface area (Å²) in [5, 5.41) is 5.37. The largest absolute Gasteiger partial charge is 0.493 e. The third kappa shape index (κ3) is 11.2. The lowest BCUT2D eigenvalue weighted by Crippen LogP contribution is -2.49. The molecule has 388 valence electrons. The van der Waals surface area contributed by atoms with Crippen LogP contribution in [0.2, 0.25) is 0 Å². The first-order chi connectivity index (χ1) is 35.2. The number of ether oxygens (including phenoxy) is 7. The molecule has 0 radical (unpaired) electrons. The monoisotopic (exact) mass is 1040 g/mol.